The number of nitrogens with zero attached hydrogens (tertiary/aromatic N) is 1. The molecule has 1 N–H and O–H groups in total. The molecule has 0 spiro atoms. The molecule has 1 aliphatic rings. The zero-order valence-corrected chi connectivity index (χ0v) is 18.5. The van der Waals surface area contributed by atoms with Gasteiger partial charge in [-0.25, -0.2) is 0 Å². The molecular weight excluding hydrogens is 400 g/mol. The summed E-state index contributed by atoms with van der Waals surface area (Å²) < 4.78 is 6.01. The lowest BCUT2D eigenvalue weighted by Gasteiger charge is -2.34. The van der Waals surface area contributed by atoms with Gasteiger partial charge < -0.3 is 15.0 Å². The standard InChI is InChI=1S/C24H29ClN2O3/c1-16(2)21-6-4-5-7-22(21)30-17(3)24(29)27-14-12-20(13-15-27)26-23(28)18-8-10-19(25)11-9-18/h4-11,16-17,20H,12-15H2,1-3H3,(H,26,28). The van der Waals surface area contributed by atoms with E-state index in [4.69, 9.17) is 16.3 Å². The fraction of sp³-hybridized carbons (Fsp3) is 0.417. The molecule has 0 aromatic heterocycles. The molecule has 1 saturated heterocycles. The summed E-state index contributed by atoms with van der Waals surface area (Å²) in [6.07, 6.45) is 0.894. The molecule has 2 aromatic carbocycles. The molecule has 5 nitrogen and oxygen atoms in total. The molecule has 30 heavy (non-hydrogen) atoms. The third kappa shape index (κ3) is 5.54. The Hall–Kier alpha value is -2.53. The van der Waals surface area contributed by atoms with Crippen LogP contribution in [0.3, 0.4) is 0 Å². The average molecular weight is 429 g/mol. The molecular formula is C24H29ClN2O3. The molecule has 2 aromatic rings. The summed E-state index contributed by atoms with van der Waals surface area (Å²) in [6, 6.07) is 14.7. The van der Waals surface area contributed by atoms with Crippen LogP contribution >= 0.6 is 11.6 Å². The van der Waals surface area contributed by atoms with Crippen molar-refractivity contribution in [1.82, 2.24) is 10.2 Å². The molecule has 1 fully saturated rings. The van der Waals surface area contributed by atoms with Gasteiger partial charge in [-0.05, 0) is 61.6 Å². The van der Waals surface area contributed by atoms with Crippen molar-refractivity contribution in [3.63, 3.8) is 0 Å². The quantitative estimate of drug-likeness (QED) is 0.728. The maximum Gasteiger partial charge on any atom is 0.263 e. The molecule has 0 bridgehead atoms. The van der Waals surface area contributed by atoms with Crippen LogP contribution < -0.4 is 10.1 Å². The van der Waals surface area contributed by atoms with Crippen molar-refractivity contribution in [1.29, 1.82) is 0 Å². The number of para-hydroxylation sites is 1. The lowest BCUT2D eigenvalue weighted by Crippen LogP contribution is -2.49. The summed E-state index contributed by atoms with van der Waals surface area (Å²) >= 11 is 5.88. The van der Waals surface area contributed by atoms with Crippen LogP contribution in [-0.2, 0) is 4.79 Å². The van der Waals surface area contributed by atoms with Crippen LogP contribution in [0.2, 0.25) is 5.02 Å². The van der Waals surface area contributed by atoms with Gasteiger partial charge in [-0.1, -0.05) is 43.6 Å². The summed E-state index contributed by atoms with van der Waals surface area (Å²) in [5.74, 6) is 0.955. The Morgan fingerprint density at radius 1 is 1.03 bits per heavy atom. The number of likely N-dealkylation sites (tertiary alicyclic amines) is 1. The molecule has 1 heterocycles. The number of halogens is 1. The molecule has 6 heteroatoms. The number of amides is 2. The maximum absolute atomic E-state index is 12.9. The lowest BCUT2D eigenvalue weighted by molar-refractivity contribution is -0.139. The second kappa shape index (κ2) is 9.98. The fourth-order valence-electron chi connectivity index (χ4n) is 3.68. The summed E-state index contributed by atoms with van der Waals surface area (Å²) in [4.78, 5) is 27.1. The van der Waals surface area contributed by atoms with Crippen LogP contribution in [0.25, 0.3) is 0 Å². The second-order valence-corrected chi connectivity index (χ2v) is 8.47. The summed E-state index contributed by atoms with van der Waals surface area (Å²) in [5.41, 5.74) is 1.68. The third-order valence-electron chi connectivity index (χ3n) is 5.44. The lowest BCUT2D eigenvalue weighted by atomic mass is 10.0. The molecule has 0 saturated carbocycles. The maximum atomic E-state index is 12.9. The van der Waals surface area contributed by atoms with E-state index in [1.54, 1.807) is 31.2 Å². The molecule has 1 unspecified atom stereocenters. The van der Waals surface area contributed by atoms with Gasteiger partial charge in [0.2, 0.25) is 0 Å². The van der Waals surface area contributed by atoms with E-state index in [-0.39, 0.29) is 17.9 Å². The minimum absolute atomic E-state index is 0.0176. The summed E-state index contributed by atoms with van der Waals surface area (Å²) in [7, 11) is 0. The number of hydrogen-bond donors (Lipinski definition) is 1. The van der Waals surface area contributed by atoms with Crippen molar-refractivity contribution < 1.29 is 14.3 Å². The van der Waals surface area contributed by atoms with Gasteiger partial charge in [0.25, 0.3) is 11.8 Å². The van der Waals surface area contributed by atoms with Gasteiger partial charge >= 0.3 is 0 Å². The predicted octanol–water partition coefficient (Wildman–Crippen LogP) is 4.65. The Balaban J connectivity index is 1.51. The van der Waals surface area contributed by atoms with Crippen molar-refractivity contribution >= 4 is 23.4 Å². The van der Waals surface area contributed by atoms with Gasteiger partial charge in [0.1, 0.15) is 5.75 Å². The topological polar surface area (TPSA) is 58.6 Å². The normalized spacial score (nSPS) is 15.7. The highest BCUT2D eigenvalue weighted by Crippen LogP contribution is 2.27. The number of nitrogens with one attached hydrogen (secondary N) is 1. The fourth-order valence-corrected chi connectivity index (χ4v) is 3.80. The number of carbonyl (C=O) groups excluding carboxylic acids is 2. The zero-order valence-electron chi connectivity index (χ0n) is 17.7. The molecule has 1 atom stereocenters. The first kappa shape index (κ1) is 22.2. The first-order valence-electron chi connectivity index (χ1n) is 10.5. The Morgan fingerprint density at radius 2 is 1.67 bits per heavy atom. The van der Waals surface area contributed by atoms with E-state index in [9.17, 15) is 9.59 Å². The average Bonchev–Trinajstić information content (AvgIpc) is 2.74. The minimum Gasteiger partial charge on any atom is -0.481 e. The number of ether oxygens (including phenoxy) is 1. The van der Waals surface area contributed by atoms with Gasteiger partial charge in [0, 0.05) is 29.7 Å². The highest BCUT2D eigenvalue weighted by molar-refractivity contribution is 6.30. The number of benzene rings is 2. The SMILES string of the molecule is CC(Oc1ccccc1C(C)C)C(=O)N1CCC(NC(=O)c2ccc(Cl)cc2)CC1. The first-order chi connectivity index (χ1) is 14.3. The van der Waals surface area contributed by atoms with E-state index in [0.29, 0.717) is 29.6 Å². The second-order valence-electron chi connectivity index (χ2n) is 8.03. The number of hydrogen-bond acceptors (Lipinski definition) is 3. The Labute approximate surface area is 183 Å². The number of carbonyl (C=O) groups is 2. The van der Waals surface area contributed by atoms with E-state index in [1.165, 1.54) is 0 Å². The van der Waals surface area contributed by atoms with Gasteiger partial charge in [-0.2, -0.15) is 0 Å². The molecule has 160 valence electrons. The molecule has 2 amide bonds. The smallest absolute Gasteiger partial charge is 0.263 e. The van der Waals surface area contributed by atoms with Gasteiger partial charge in [-0.15, -0.1) is 0 Å². The third-order valence-corrected chi connectivity index (χ3v) is 5.69. The highest BCUT2D eigenvalue weighted by Gasteiger charge is 2.28. The van der Waals surface area contributed by atoms with Crippen molar-refractivity contribution in [3.8, 4) is 5.75 Å². The van der Waals surface area contributed by atoms with Crippen molar-refractivity contribution in [2.75, 3.05) is 13.1 Å². The van der Waals surface area contributed by atoms with E-state index in [0.717, 1.165) is 24.2 Å². The monoisotopic (exact) mass is 428 g/mol. The van der Waals surface area contributed by atoms with Crippen molar-refractivity contribution in [2.45, 2.75) is 51.7 Å². The number of rotatable bonds is 6. The van der Waals surface area contributed by atoms with Crippen molar-refractivity contribution in [3.05, 3.63) is 64.7 Å². The first-order valence-corrected chi connectivity index (χ1v) is 10.8. The van der Waals surface area contributed by atoms with E-state index >= 15 is 0 Å². The van der Waals surface area contributed by atoms with Gasteiger partial charge in [0.05, 0.1) is 0 Å². The zero-order chi connectivity index (χ0) is 21.7. The van der Waals surface area contributed by atoms with Crippen LogP contribution in [0.5, 0.6) is 5.75 Å². The predicted molar refractivity (Wildman–Crippen MR) is 119 cm³/mol. The van der Waals surface area contributed by atoms with Crippen LogP contribution in [0, 0.1) is 0 Å². The molecule has 0 radical (unpaired) electrons. The highest BCUT2D eigenvalue weighted by atomic mass is 35.5. The largest absolute Gasteiger partial charge is 0.481 e. The number of piperidine rings is 1. The summed E-state index contributed by atoms with van der Waals surface area (Å²) in [5, 5.41) is 3.65. The van der Waals surface area contributed by atoms with Crippen molar-refractivity contribution in [2.24, 2.45) is 0 Å². The summed E-state index contributed by atoms with van der Waals surface area (Å²) in [6.45, 7) is 7.22. The van der Waals surface area contributed by atoms with E-state index in [1.807, 2.05) is 29.2 Å². The van der Waals surface area contributed by atoms with E-state index in [2.05, 4.69) is 19.2 Å². The molecule has 0 aliphatic carbocycles. The minimum atomic E-state index is -0.551. The Bertz CT molecular complexity index is 874. The Kier molecular flexibility index (Phi) is 7.38. The van der Waals surface area contributed by atoms with Crippen LogP contribution in [0.15, 0.2) is 48.5 Å². The van der Waals surface area contributed by atoms with E-state index < -0.39 is 6.10 Å². The van der Waals surface area contributed by atoms with Crippen LogP contribution in [0.1, 0.15) is 55.5 Å². The molecule has 1 aliphatic heterocycles. The van der Waals surface area contributed by atoms with Crippen LogP contribution in [-0.4, -0.2) is 41.9 Å². The van der Waals surface area contributed by atoms with Gasteiger partial charge in [-0.3, -0.25) is 9.59 Å². The van der Waals surface area contributed by atoms with Gasteiger partial charge in [0.15, 0.2) is 6.10 Å². The molecule has 3 rings (SSSR count). The van der Waals surface area contributed by atoms with Crippen LogP contribution in [0.4, 0.5) is 0 Å². The Morgan fingerprint density at radius 3 is 2.30 bits per heavy atom.